The predicted octanol–water partition coefficient (Wildman–Crippen LogP) is 12.7. The molecule has 362 valence electrons. The van der Waals surface area contributed by atoms with E-state index in [0.717, 1.165) is 81.3 Å². The van der Waals surface area contributed by atoms with Gasteiger partial charge >= 0.3 is 0 Å². The van der Waals surface area contributed by atoms with Crippen molar-refractivity contribution in [2.24, 2.45) is 20.5 Å². The summed E-state index contributed by atoms with van der Waals surface area (Å²) in [6.45, 7) is 25.2. The molecule has 5 aromatic heterocycles. The molecule has 0 radical (unpaired) electrons. The van der Waals surface area contributed by atoms with Gasteiger partial charge in [-0.05, 0) is 95.7 Å². The van der Waals surface area contributed by atoms with Gasteiger partial charge in [-0.25, -0.2) is 14.6 Å². The Morgan fingerprint density at radius 2 is 1.31 bits per heavy atom. The highest BCUT2D eigenvalue weighted by Gasteiger charge is 2.30. The van der Waals surface area contributed by atoms with E-state index < -0.39 is 5.41 Å². The van der Waals surface area contributed by atoms with E-state index in [1.165, 1.54) is 21.1 Å². The Morgan fingerprint density at radius 1 is 0.690 bits per heavy atom. The van der Waals surface area contributed by atoms with Crippen LogP contribution in [0.4, 0.5) is 57.7 Å². The van der Waals surface area contributed by atoms with E-state index in [0.29, 0.717) is 45.6 Å². The smallest absolute Gasteiger partial charge is 0.236 e. The monoisotopic (exact) mass is 967 g/mol. The molecule has 19 nitrogen and oxygen atoms in total. The average Bonchev–Trinajstić information content (AvgIpc) is 4.07. The van der Waals surface area contributed by atoms with Crippen LogP contribution in [0.2, 0.25) is 0 Å². The second-order valence-corrected chi connectivity index (χ2v) is 19.4. The molecule has 0 amide bonds. The Bertz CT molecular complexity index is 3330. The lowest BCUT2D eigenvalue weighted by Gasteiger charge is -2.29. The summed E-state index contributed by atoms with van der Waals surface area (Å²) in [5.41, 5.74) is 11.5. The van der Waals surface area contributed by atoms with Crippen LogP contribution in [0.15, 0.2) is 57.0 Å². The topological polar surface area (TPSA) is 247 Å². The number of unbranched alkanes of at least 4 members (excludes halogenated alkanes) is 1. The Morgan fingerprint density at radius 3 is 1.90 bits per heavy atom. The Hall–Kier alpha value is -8.41. The number of nitriles is 3. The lowest BCUT2D eigenvalue weighted by atomic mass is 9.90. The third kappa shape index (κ3) is 10.2. The maximum absolute atomic E-state index is 10.8. The van der Waals surface area contributed by atoms with Gasteiger partial charge in [-0.15, -0.1) is 35.8 Å². The molecule has 0 saturated carbocycles. The Labute approximate surface area is 418 Å². The number of hydrogen-bond donors (Lipinski definition) is 3. The van der Waals surface area contributed by atoms with Crippen LogP contribution in [-0.4, -0.2) is 60.4 Å². The third-order valence-electron chi connectivity index (χ3n) is 11.8. The van der Waals surface area contributed by atoms with Gasteiger partial charge in [0.1, 0.15) is 52.3 Å². The quantitative estimate of drug-likeness (QED) is 0.0810. The molecule has 0 spiro atoms. The Balaban J connectivity index is 1.34. The number of azo groups is 2. The summed E-state index contributed by atoms with van der Waals surface area (Å²) in [5.74, 6) is 2.18. The highest BCUT2D eigenvalue weighted by atomic mass is 32.1. The summed E-state index contributed by atoms with van der Waals surface area (Å²) in [6.07, 6.45) is 3.43. The normalized spacial score (nSPS) is 11.5. The maximum atomic E-state index is 10.8. The summed E-state index contributed by atoms with van der Waals surface area (Å²) in [7, 11) is 3.35. The van der Waals surface area contributed by atoms with E-state index in [9.17, 15) is 15.8 Å². The van der Waals surface area contributed by atoms with Crippen LogP contribution in [-0.2, 0) is 5.41 Å². The minimum atomic E-state index is -0.583. The minimum absolute atomic E-state index is 0.00493. The van der Waals surface area contributed by atoms with Crippen molar-refractivity contribution in [1.82, 2.24) is 39.7 Å². The first kappa shape index (κ1) is 50.5. The summed E-state index contributed by atoms with van der Waals surface area (Å²) in [4.78, 5) is 12.1. The summed E-state index contributed by atoms with van der Waals surface area (Å²) >= 11 is 1.10. The standard InChI is InChI=1S/C51H57N19S/c1-15-16-17-68(42-32(7)20-28(3)21-33(42)8)38-22-31(6)40(47(57-38)58-39-29(4)18-27(2)19-30(39)5)60-63-48-37(25-54)43(51(10,11)12)66-70(48)50-65-64-49(71-50)69-26-35(23-52)44(67-69)62-61-41-34(9)36(24-53)45(55-13)59-46(41)56-14/h18-22,26H,15-17H2,1-14H3,(H,57,58)(H2,55,56,59)/b62-61-,63-60+. The zero-order chi connectivity index (χ0) is 51.5. The van der Waals surface area contributed by atoms with Gasteiger partial charge in [0.2, 0.25) is 16.1 Å². The van der Waals surface area contributed by atoms with E-state index in [1.54, 1.807) is 21.0 Å². The van der Waals surface area contributed by atoms with Gasteiger partial charge in [-0.3, -0.25) is 0 Å². The molecule has 20 heteroatoms. The molecule has 0 fully saturated rings. The molecule has 0 aliphatic rings. The van der Waals surface area contributed by atoms with Crippen molar-refractivity contribution < 1.29 is 0 Å². The van der Waals surface area contributed by atoms with Gasteiger partial charge in [0.25, 0.3) is 0 Å². The fourth-order valence-corrected chi connectivity index (χ4v) is 9.25. The number of aromatic nitrogens is 8. The van der Waals surface area contributed by atoms with Gasteiger partial charge < -0.3 is 20.9 Å². The van der Waals surface area contributed by atoms with Crippen LogP contribution in [0, 0.1) is 89.4 Å². The number of aryl methyl sites for hydroxylation is 7. The van der Waals surface area contributed by atoms with E-state index in [2.05, 4.69) is 142 Å². The van der Waals surface area contributed by atoms with Crippen molar-refractivity contribution in [3.8, 4) is 28.5 Å². The first-order chi connectivity index (χ1) is 33.8. The van der Waals surface area contributed by atoms with Crippen molar-refractivity contribution in [1.29, 1.82) is 15.8 Å². The first-order valence-electron chi connectivity index (χ1n) is 23.1. The molecule has 7 aromatic rings. The highest BCUT2D eigenvalue weighted by molar-refractivity contribution is 7.16. The predicted molar refractivity (Wildman–Crippen MR) is 279 cm³/mol. The van der Waals surface area contributed by atoms with Crippen LogP contribution in [0.1, 0.15) is 107 Å². The molecule has 0 aliphatic carbocycles. The van der Waals surface area contributed by atoms with Gasteiger partial charge in [-0.1, -0.05) is 80.8 Å². The van der Waals surface area contributed by atoms with Crippen LogP contribution in [0.3, 0.4) is 0 Å². The Kier molecular flexibility index (Phi) is 14.7. The van der Waals surface area contributed by atoms with Gasteiger partial charge in [0.05, 0.1) is 17.5 Å². The van der Waals surface area contributed by atoms with Crippen molar-refractivity contribution in [3.63, 3.8) is 0 Å². The van der Waals surface area contributed by atoms with Crippen LogP contribution >= 0.6 is 11.3 Å². The lowest BCUT2D eigenvalue weighted by molar-refractivity contribution is 0.558. The van der Waals surface area contributed by atoms with Gasteiger partial charge in [-0.2, -0.15) is 25.6 Å². The van der Waals surface area contributed by atoms with Crippen LogP contribution in [0.25, 0.3) is 10.3 Å². The van der Waals surface area contributed by atoms with Gasteiger partial charge in [0.15, 0.2) is 17.5 Å². The zero-order valence-corrected chi connectivity index (χ0v) is 43.5. The number of nitrogens with one attached hydrogen (secondary N) is 3. The zero-order valence-electron chi connectivity index (χ0n) is 42.6. The number of hydrogen-bond acceptors (Lipinski definition) is 18. The number of rotatable bonds is 15. The maximum Gasteiger partial charge on any atom is 0.236 e. The van der Waals surface area contributed by atoms with Crippen molar-refractivity contribution >= 4 is 69.0 Å². The molecule has 3 N–H and O–H groups in total. The lowest BCUT2D eigenvalue weighted by Crippen LogP contribution is -2.22. The molecule has 0 unspecified atom stereocenters. The van der Waals surface area contributed by atoms with Gasteiger partial charge in [0, 0.05) is 43.0 Å². The first-order valence-corrected chi connectivity index (χ1v) is 23.9. The third-order valence-corrected chi connectivity index (χ3v) is 12.7. The van der Waals surface area contributed by atoms with E-state index in [4.69, 9.17) is 20.3 Å². The van der Waals surface area contributed by atoms with Crippen molar-refractivity contribution in [2.45, 2.75) is 101 Å². The molecule has 0 bridgehead atoms. The second-order valence-electron chi connectivity index (χ2n) is 18.4. The molecule has 0 atom stereocenters. The van der Waals surface area contributed by atoms with E-state index >= 15 is 0 Å². The number of anilines is 6. The molecule has 71 heavy (non-hydrogen) atoms. The van der Waals surface area contributed by atoms with Crippen molar-refractivity contribution in [3.05, 3.63) is 103 Å². The summed E-state index contributed by atoms with van der Waals surface area (Å²) < 4.78 is 2.83. The second kappa shape index (κ2) is 20.7. The van der Waals surface area contributed by atoms with E-state index in [1.807, 2.05) is 33.8 Å². The molecule has 0 aliphatic heterocycles. The SMILES string of the molecule is CCCCN(c1cc(C)c(/N=N/c2c(C#N)c(C(C)(C)C)nn2-c2nnc(-n3cc(C#N)c(/N=N\c4c(NC)nc(NC)c(C#N)c4C)n3)s2)c(Nc2c(C)cc(C)cc2C)n1)c1c(C)cc(C)cc1C. The molecular formula is C51H57N19S. The van der Waals surface area contributed by atoms with E-state index in [-0.39, 0.29) is 33.0 Å². The summed E-state index contributed by atoms with van der Waals surface area (Å²) in [5, 5.41) is 77.6. The van der Waals surface area contributed by atoms with Crippen LogP contribution < -0.4 is 20.9 Å². The fourth-order valence-electron chi connectivity index (χ4n) is 8.52. The average molecular weight is 968 g/mol. The largest absolute Gasteiger partial charge is 0.372 e. The molecule has 2 aromatic carbocycles. The number of pyridine rings is 2. The van der Waals surface area contributed by atoms with Crippen LogP contribution in [0.5, 0.6) is 0 Å². The molecule has 7 rings (SSSR count). The number of nitrogens with zero attached hydrogens (tertiary/aromatic N) is 16. The molecule has 5 heterocycles. The fraction of sp³-hybridized carbons (Fsp3) is 0.353. The molecular weight excluding hydrogens is 911 g/mol. The minimum Gasteiger partial charge on any atom is -0.372 e. The van der Waals surface area contributed by atoms with Crippen molar-refractivity contribution in [2.75, 3.05) is 41.5 Å². The highest BCUT2D eigenvalue weighted by Crippen LogP contribution is 2.42. The molecule has 0 saturated heterocycles. The summed E-state index contributed by atoms with van der Waals surface area (Å²) in [6, 6.07) is 17.3. The number of benzene rings is 2.